The molecule has 0 saturated heterocycles. The van der Waals surface area contributed by atoms with E-state index >= 15 is 0 Å². The highest BCUT2D eigenvalue weighted by molar-refractivity contribution is 9.10. The molecule has 0 aliphatic carbocycles. The molecule has 1 aliphatic rings. The normalized spacial score (nSPS) is 21.9. The van der Waals surface area contributed by atoms with E-state index in [0.717, 1.165) is 24.5 Å². The third-order valence-electron chi connectivity index (χ3n) is 3.81. The fourth-order valence-corrected chi connectivity index (χ4v) is 4.91. The molecule has 0 spiro atoms. The van der Waals surface area contributed by atoms with Crippen LogP contribution in [-0.4, -0.2) is 18.9 Å². The van der Waals surface area contributed by atoms with Crippen molar-refractivity contribution in [3.05, 3.63) is 27.7 Å². The smallest absolute Gasteiger partial charge is 0.123 e. The van der Waals surface area contributed by atoms with Crippen LogP contribution in [0.4, 0.5) is 0 Å². The Hall–Kier alpha value is -0.190. The molecule has 1 aliphatic heterocycles. The van der Waals surface area contributed by atoms with E-state index in [4.69, 9.17) is 4.74 Å². The summed E-state index contributed by atoms with van der Waals surface area (Å²) in [6.45, 7) is 7.90. The molecule has 1 aromatic carbocycles. The molecular formula is C16H24BrNOS. The molecule has 20 heavy (non-hydrogen) atoms. The SMILES string of the molecule is CCCNC1c2c(Br)ccc(OC)c2CSC1C(C)C. The van der Waals surface area contributed by atoms with Gasteiger partial charge in [0.1, 0.15) is 5.75 Å². The van der Waals surface area contributed by atoms with Gasteiger partial charge >= 0.3 is 0 Å². The van der Waals surface area contributed by atoms with Gasteiger partial charge in [-0.2, -0.15) is 11.8 Å². The number of hydrogen-bond donors (Lipinski definition) is 1. The summed E-state index contributed by atoms with van der Waals surface area (Å²) < 4.78 is 6.76. The van der Waals surface area contributed by atoms with E-state index in [1.807, 2.05) is 11.8 Å². The standard InChI is InChI=1S/C16H24BrNOS/c1-5-8-18-15-14-11(9-20-16(15)10(2)3)13(19-4)7-6-12(14)17/h6-7,10,15-16,18H,5,8-9H2,1-4H3. The zero-order valence-corrected chi connectivity index (χ0v) is 15.1. The third-order valence-corrected chi connectivity index (χ3v) is 6.16. The number of nitrogens with one attached hydrogen (secondary N) is 1. The second kappa shape index (κ2) is 7.19. The number of halogens is 1. The summed E-state index contributed by atoms with van der Waals surface area (Å²) in [4.78, 5) is 0. The van der Waals surface area contributed by atoms with Gasteiger partial charge in [-0.1, -0.05) is 36.7 Å². The van der Waals surface area contributed by atoms with Crippen molar-refractivity contribution in [1.82, 2.24) is 5.32 Å². The second-order valence-corrected chi connectivity index (χ2v) is 7.61. The minimum atomic E-state index is 0.396. The molecule has 1 aromatic rings. The van der Waals surface area contributed by atoms with Crippen molar-refractivity contribution >= 4 is 27.7 Å². The quantitative estimate of drug-likeness (QED) is 0.819. The van der Waals surface area contributed by atoms with Gasteiger partial charge < -0.3 is 10.1 Å². The van der Waals surface area contributed by atoms with Crippen LogP contribution in [-0.2, 0) is 5.75 Å². The molecule has 0 fully saturated rings. The maximum atomic E-state index is 5.55. The largest absolute Gasteiger partial charge is 0.496 e. The molecule has 0 saturated carbocycles. The van der Waals surface area contributed by atoms with E-state index in [-0.39, 0.29) is 0 Å². The van der Waals surface area contributed by atoms with E-state index in [9.17, 15) is 0 Å². The monoisotopic (exact) mass is 357 g/mol. The highest BCUT2D eigenvalue weighted by Gasteiger charge is 2.34. The van der Waals surface area contributed by atoms with Crippen LogP contribution in [0, 0.1) is 5.92 Å². The fourth-order valence-electron chi connectivity index (χ4n) is 2.83. The lowest BCUT2D eigenvalue weighted by molar-refractivity contribution is 0.401. The highest BCUT2D eigenvalue weighted by Crippen LogP contribution is 2.46. The fraction of sp³-hybridized carbons (Fsp3) is 0.625. The molecule has 1 N–H and O–H groups in total. The predicted octanol–water partition coefficient (Wildman–Crippen LogP) is 4.77. The number of benzene rings is 1. The summed E-state index contributed by atoms with van der Waals surface area (Å²) in [6, 6.07) is 4.58. The number of ether oxygens (including phenoxy) is 1. The van der Waals surface area contributed by atoms with Crippen molar-refractivity contribution < 1.29 is 4.74 Å². The minimum absolute atomic E-state index is 0.396. The van der Waals surface area contributed by atoms with E-state index in [0.29, 0.717) is 17.2 Å². The van der Waals surface area contributed by atoms with Crippen LogP contribution >= 0.6 is 27.7 Å². The first-order valence-electron chi connectivity index (χ1n) is 7.30. The summed E-state index contributed by atoms with van der Waals surface area (Å²) in [7, 11) is 1.76. The first-order valence-corrected chi connectivity index (χ1v) is 9.14. The molecule has 1 heterocycles. The van der Waals surface area contributed by atoms with Gasteiger partial charge in [-0.3, -0.25) is 0 Å². The molecule has 0 bridgehead atoms. The summed E-state index contributed by atoms with van der Waals surface area (Å²) in [5, 5.41) is 4.35. The summed E-state index contributed by atoms with van der Waals surface area (Å²) in [6.07, 6.45) is 1.16. The van der Waals surface area contributed by atoms with Gasteiger partial charge in [-0.05, 0) is 36.6 Å². The van der Waals surface area contributed by atoms with Gasteiger partial charge in [-0.15, -0.1) is 0 Å². The molecule has 2 nitrogen and oxygen atoms in total. The average Bonchev–Trinajstić information content (AvgIpc) is 2.44. The summed E-state index contributed by atoms with van der Waals surface area (Å²) in [5.41, 5.74) is 2.74. The first-order chi connectivity index (χ1) is 9.60. The topological polar surface area (TPSA) is 21.3 Å². The van der Waals surface area contributed by atoms with Crippen molar-refractivity contribution in [2.45, 2.75) is 44.2 Å². The third kappa shape index (κ3) is 3.18. The number of rotatable bonds is 5. The molecule has 2 atom stereocenters. The van der Waals surface area contributed by atoms with E-state index in [1.165, 1.54) is 15.6 Å². The first kappa shape index (κ1) is 16.2. The molecule has 0 amide bonds. The lowest BCUT2D eigenvalue weighted by Gasteiger charge is -2.37. The Morgan fingerprint density at radius 1 is 1.45 bits per heavy atom. The lowest BCUT2D eigenvalue weighted by Crippen LogP contribution is -2.37. The Kier molecular flexibility index (Phi) is 5.82. The Morgan fingerprint density at radius 3 is 2.80 bits per heavy atom. The highest BCUT2D eigenvalue weighted by atomic mass is 79.9. The van der Waals surface area contributed by atoms with Crippen LogP contribution in [0.3, 0.4) is 0 Å². The number of hydrogen-bond acceptors (Lipinski definition) is 3. The van der Waals surface area contributed by atoms with Gasteiger partial charge in [0.25, 0.3) is 0 Å². The maximum Gasteiger partial charge on any atom is 0.123 e. The molecule has 0 aromatic heterocycles. The zero-order chi connectivity index (χ0) is 14.7. The molecule has 2 rings (SSSR count). The van der Waals surface area contributed by atoms with Crippen molar-refractivity contribution in [3.63, 3.8) is 0 Å². The average molecular weight is 358 g/mol. The van der Waals surface area contributed by atoms with Gasteiger partial charge in [0.15, 0.2) is 0 Å². The Bertz CT molecular complexity index is 464. The number of thioether (sulfide) groups is 1. The van der Waals surface area contributed by atoms with Gasteiger partial charge in [-0.25, -0.2) is 0 Å². The summed E-state index contributed by atoms with van der Waals surface area (Å²) in [5.74, 6) is 2.70. The van der Waals surface area contributed by atoms with E-state index in [1.54, 1.807) is 7.11 Å². The van der Waals surface area contributed by atoms with Crippen LogP contribution in [0.1, 0.15) is 44.4 Å². The molecule has 4 heteroatoms. The van der Waals surface area contributed by atoms with Crippen LogP contribution in [0.5, 0.6) is 5.75 Å². The Labute approximate surface area is 135 Å². The van der Waals surface area contributed by atoms with Crippen molar-refractivity contribution in [2.75, 3.05) is 13.7 Å². The van der Waals surface area contributed by atoms with Crippen LogP contribution in [0.25, 0.3) is 0 Å². The van der Waals surface area contributed by atoms with Crippen molar-refractivity contribution in [2.24, 2.45) is 5.92 Å². The van der Waals surface area contributed by atoms with Crippen LogP contribution in [0.2, 0.25) is 0 Å². The van der Waals surface area contributed by atoms with Crippen molar-refractivity contribution in [3.8, 4) is 5.75 Å². The van der Waals surface area contributed by atoms with Crippen LogP contribution < -0.4 is 10.1 Å². The van der Waals surface area contributed by atoms with Crippen molar-refractivity contribution in [1.29, 1.82) is 0 Å². The lowest BCUT2D eigenvalue weighted by atomic mass is 9.92. The summed E-state index contributed by atoms with van der Waals surface area (Å²) >= 11 is 5.80. The van der Waals surface area contributed by atoms with E-state index < -0.39 is 0 Å². The molecule has 112 valence electrons. The van der Waals surface area contributed by atoms with Gasteiger partial charge in [0.2, 0.25) is 0 Å². The van der Waals surface area contributed by atoms with Gasteiger partial charge in [0, 0.05) is 27.1 Å². The van der Waals surface area contributed by atoms with Gasteiger partial charge in [0.05, 0.1) is 7.11 Å². The van der Waals surface area contributed by atoms with E-state index in [2.05, 4.69) is 54.2 Å². The Morgan fingerprint density at radius 2 is 2.20 bits per heavy atom. The molecule has 0 radical (unpaired) electrons. The minimum Gasteiger partial charge on any atom is -0.496 e. The molecular weight excluding hydrogens is 334 g/mol. The predicted molar refractivity (Wildman–Crippen MR) is 91.6 cm³/mol. The second-order valence-electron chi connectivity index (χ2n) is 5.59. The number of methoxy groups -OCH3 is 1. The zero-order valence-electron chi connectivity index (χ0n) is 12.7. The maximum absolute atomic E-state index is 5.55. The number of fused-ring (bicyclic) bond motifs is 1. The Balaban J connectivity index is 2.44. The molecule has 2 unspecified atom stereocenters. The van der Waals surface area contributed by atoms with Crippen LogP contribution in [0.15, 0.2) is 16.6 Å².